The van der Waals surface area contributed by atoms with Crippen LogP contribution in [0.4, 0.5) is 11.6 Å². The SMILES string of the molecule is C=C(SC=N)c1ccc2cnc(N/C(=C/C)c3ccnc(N4CCN(C)CC4)c3)cc2c1. The molecule has 0 unspecified atom stereocenters. The summed E-state index contributed by atoms with van der Waals surface area (Å²) in [5.74, 6) is 1.79. The van der Waals surface area contributed by atoms with Crippen molar-refractivity contribution in [1.29, 1.82) is 5.41 Å². The zero-order valence-electron chi connectivity index (χ0n) is 18.5. The highest BCUT2D eigenvalue weighted by molar-refractivity contribution is 8.19. The van der Waals surface area contributed by atoms with Crippen LogP contribution in [-0.2, 0) is 0 Å². The first kappa shape index (κ1) is 22.0. The largest absolute Gasteiger partial charge is 0.354 e. The van der Waals surface area contributed by atoms with Crippen LogP contribution >= 0.6 is 11.8 Å². The molecule has 3 heterocycles. The summed E-state index contributed by atoms with van der Waals surface area (Å²) in [6, 6.07) is 12.4. The first-order chi connectivity index (χ1) is 15.6. The molecule has 32 heavy (non-hydrogen) atoms. The van der Waals surface area contributed by atoms with E-state index in [1.165, 1.54) is 17.3 Å². The molecule has 3 aromatic rings. The highest BCUT2D eigenvalue weighted by atomic mass is 32.2. The van der Waals surface area contributed by atoms with Crippen LogP contribution < -0.4 is 10.2 Å². The molecule has 2 N–H and O–H groups in total. The van der Waals surface area contributed by atoms with Crippen LogP contribution in [0.2, 0.25) is 0 Å². The molecule has 0 saturated carbocycles. The van der Waals surface area contributed by atoms with Crippen molar-refractivity contribution in [3.8, 4) is 0 Å². The lowest BCUT2D eigenvalue weighted by Crippen LogP contribution is -2.44. The topological polar surface area (TPSA) is 68.1 Å². The van der Waals surface area contributed by atoms with E-state index in [4.69, 9.17) is 5.41 Å². The van der Waals surface area contributed by atoms with Gasteiger partial charge in [0.15, 0.2) is 0 Å². The number of nitrogens with zero attached hydrogens (tertiary/aromatic N) is 4. The smallest absolute Gasteiger partial charge is 0.130 e. The average molecular weight is 445 g/mol. The summed E-state index contributed by atoms with van der Waals surface area (Å²) >= 11 is 1.32. The molecule has 1 saturated heterocycles. The summed E-state index contributed by atoms with van der Waals surface area (Å²) in [6.45, 7) is 10.2. The lowest BCUT2D eigenvalue weighted by Gasteiger charge is -2.33. The molecule has 0 atom stereocenters. The van der Waals surface area contributed by atoms with Gasteiger partial charge in [-0.2, -0.15) is 0 Å². The van der Waals surface area contributed by atoms with E-state index in [9.17, 15) is 0 Å². The van der Waals surface area contributed by atoms with Crippen molar-refractivity contribution >= 4 is 50.3 Å². The number of likely N-dealkylation sites (N-methyl/N-ethyl adjacent to an activating group) is 1. The number of hydrogen-bond donors (Lipinski definition) is 2. The van der Waals surface area contributed by atoms with Crippen molar-refractivity contribution in [3.05, 3.63) is 72.6 Å². The zero-order chi connectivity index (χ0) is 22.5. The van der Waals surface area contributed by atoms with E-state index in [0.717, 1.165) is 70.3 Å². The number of pyridine rings is 2. The Hall–Kier alpha value is -3.16. The fourth-order valence-electron chi connectivity index (χ4n) is 3.77. The van der Waals surface area contributed by atoms with Gasteiger partial charge in [0.05, 0.1) is 5.55 Å². The Bertz CT molecular complexity index is 1160. The highest BCUT2D eigenvalue weighted by Crippen LogP contribution is 2.28. The second-order valence-corrected chi connectivity index (χ2v) is 8.77. The molecule has 0 aliphatic carbocycles. The third kappa shape index (κ3) is 5.00. The molecule has 0 radical (unpaired) electrons. The molecule has 4 rings (SSSR count). The lowest BCUT2D eigenvalue weighted by molar-refractivity contribution is 0.312. The van der Waals surface area contributed by atoms with Crippen molar-refractivity contribution in [2.75, 3.05) is 43.4 Å². The molecular weight excluding hydrogens is 416 g/mol. The molecule has 7 heteroatoms. The van der Waals surface area contributed by atoms with Crippen LogP contribution in [-0.4, -0.2) is 53.6 Å². The lowest BCUT2D eigenvalue weighted by atomic mass is 10.1. The molecule has 1 aliphatic heterocycles. The minimum Gasteiger partial charge on any atom is -0.354 e. The molecule has 0 spiro atoms. The summed E-state index contributed by atoms with van der Waals surface area (Å²) < 4.78 is 0. The number of allylic oxidation sites excluding steroid dienone is 1. The number of nitrogens with one attached hydrogen (secondary N) is 2. The van der Waals surface area contributed by atoms with Gasteiger partial charge in [0, 0.05) is 60.1 Å². The Morgan fingerprint density at radius 3 is 2.62 bits per heavy atom. The minimum absolute atomic E-state index is 0.783. The van der Waals surface area contributed by atoms with Crippen LogP contribution in [0.3, 0.4) is 0 Å². The number of aromatic nitrogens is 2. The monoisotopic (exact) mass is 444 g/mol. The van der Waals surface area contributed by atoms with Crippen molar-refractivity contribution in [2.45, 2.75) is 6.92 Å². The number of anilines is 2. The van der Waals surface area contributed by atoms with Crippen molar-refractivity contribution in [2.24, 2.45) is 0 Å². The van der Waals surface area contributed by atoms with Gasteiger partial charge in [-0.05, 0) is 49.2 Å². The Kier molecular flexibility index (Phi) is 6.87. The molecule has 2 aromatic heterocycles. The predicted octanol–water partition coefficient (Wildman–Crippen LogP) is 5.17. The predicted molar refractivity (Wildman–Crippen MR) is 138 cm³/mol. The molecule has 1 aromatic carbocycles. The van der Waals surface area contributed by atoms with E-state index in [1.807, 2.05) is 43.6 Å². The van der Waals surface area contributed by atoms with E-state index in [-0.39, 0.29) is 0 Å². The van der Waals surface area contributed by atoms with Gasteiger partial charge in [-0.3, -0.25) is 0 Å². The first-order valence-electron chi connectivity index (χ1n) is 10.7. The number of thioether (sulfide) groups is 1. The van der Waals surface area contributed by atoms with Gasteiger partial charge in [-0.1, -0.05) is 36.5 Å². The quantitative estimate of drug-likeness (QED) is 0.387. The van der Waals surface area contributed by atoms with E-state index in [1.54, 1.807) is 0 Å². The Morgan fingerprint density at radius 2 is 1.88 bits per heavy atom. The summed E-state index contributed by atoms with van der Waals surface area (Å²) in [5, 5.41) is 12.9. The molecule has 1 aliphatic rings. The summed E-state index contributed by atoms with van der Waals surface area (Å²) in [7, 11) is 2.16. The van der Waals surface area contributed by atoms with Crippen LogP contribution in [0.1, 0.15) is 18.1 Å². The number of benzene rings is 1. The molecule has 6 nitrogen and oxygen atoms in total. The minimum atomic E-state index is 0.783. The maximum absolute atomic E-state index is 7.29. The number of piperazine rings is 1. The third-order valence-corrected chi connectivity index (χ3v) is 6.32. The zero-order valence-corrected chi connectivity index (χ0v) is 19.3. The van der Waals surface area contributed by atoms with E-state index < -0.39 is 0 Å². The summed E-state index contributed by atoms with van der Waals surface area (Å²) in [4.78, 5) is 14.7. The second kappa shape index (κ2) is 9.97. The fourth-order valence-corrected chi connectivity index (χ4v) is 4.17. The van der Waals surface area contributed by atoms with Gasteiger partial charge < -0.3 is 20.5 Å². The Balaban J connectivity index is 1.56. The third-order valence-electron chi connectivity index (χ3n) is 5.68. The Morgan fingerprint density at radius 1 is 1.06 bits per heavy atom. The molecule has 0 amide bonds. The van der Waals surface area contributed by atoms with Crippen molar-refractivity contribution < 1.29 is 0 Å². The highest BCUT2D eigenvalue weighted by Gasteiger charge is 2.16. The van der Waals surface area contributed by atoms with Crippen molar-refractivity contribution in [1.82, 2.24) is 14.9 Å². The molecule has 0 bridgehead atoms. The van der Waals surface area contributed by atoms with Gasteiger partial charge in [0.2, 0.25) is 0 Å². The summed E-state index contributed by atoms with van der Waals surface area (Å²) in [5.41, 5.74) is 4.40. The fraction of sp³-hybridized carbons (Fsp3) is 0.240. The standard InChI is InChI=1S/C25H28N6S/c1-4-23(20-7-8-27-25(15-20)31-11-9-30(3)10-12-31)29-24-14-22-13-19(18(2)32-17-26)5-6-21(22)16-28-24/h4-8,13-17,26H,2,9-12H2,1,3H3,(H,28,29)/b23-4+,26-17?. The Labute approximate surface area is 193 Å². The first-order valence-corrected chi connectivity index (χ1v) is 11.5. The average Bonchev–Trinajstić information content (AvgIpc) is 2.82. The van der Waals surface area contributed by atoms with Gasteiger partial charge in [-0.25, -0.2) is 9.97 Å². The van der Waals surface area contributed by atoms with E-state index in [0.29, 0.717) is 0 Å². The van der Waals surface area contributed by atoms with E-state index in [2.05, 4.69) is 56.9 Å². The van der Waals surface area contributed by atoms with Gasteiger partial charge >= 0.3 is 0 Å². The van der Waals surface area contributed by atoms with Gasteiger partial charge in [-0.15, -0.1) is 0 Å². The van der Waals surface area contributed by atoms with Gasteiger partial charge in [0.1, 0.15) is 11.6 Å². The van der Waals surface area contributed by atoms with Crippen LogP contribution in [0, 0.1) is 5.41 Å². The van der Waals surface area contributed by atoms with Crippen LogP contribution in [0.15, 0.2) is 61.4 Å². The maximum Gasteiger partial charge on any atom is 0.130 e. The van der Waals surface area contributed by atoms with Gasteiger partial charge in [0.25, 0.3) is 0 Å². The van der Waals surface area contributed by atoms with Crippen LogP contribution in [0.5, 0.6) is 0 Å². The normalized spacial score (nSPS) is 15.1. The molecule has 164 valence electrons. The number of fused-ring (bicyclic) bond motifs is 1. The maximum atomic E-state index is 7.29. The second-order valence-electron chi connectivity index (χ2n) is 7.81. The molecular formula is C25H28N6S. The number of rotatable bonds is 7. The summed E-state index contributed by atoms with van der Waals surface area (Å²) in [6.07, 6.45) is 5.82. The molecule has 1 fully saturated rings. The number of hydrogen-bond acceptors (Lipinski definition) is 7. The van der Waals surface area contributed by atoms with E-state index >= 15 is 0 Å². The van der Waals surface area contributed by atoms with Crippen molar-refractivity contribution in [3.63, 3.8) is 0 Å². The van der Waals surface area contributed by atoms with Crippen LogP contribution in [0.25, 0.3) is 21.4 Å².